The molecule has 2 heterocycles. The Morgan fingerprint density at radius 2 is 1.92 bits per heavy atom. The molecular weight excluding hydrogens is 336 g/mol. The van der Waals surface area contributed by atoms with Crippen LogP contribution in [0.3, 0.4) is 0 Å². The summed E-state index contributed by atoms with van der Waals surface area (Å²) in [4.78, 5) is 25.1. The van der Waals surface area contributed by atoms with Crippen molar-refractivity contribution in [2.45, 2.75) is 12.8 Å². The highest BCUT2D eigenvalue weighted by Crippen LogP contribution is 2.30. The van der Waals surface area contributed by atoms with Crippen LogP contribution in [0.15, 0.2) is 47.8 Å². The van der Waals surface area contributed by atoms with Crippen molar-refractivity contribution in [2.24, 2.45) is 5.92 Å². The lowest BCUT2D eigenvalue weighted by atomic mass is 10.2. The molecule has 3 aromatic rings. The molecule has 1 aliphatic carbocycles. The number of rotatable bonds is 5. The van der Waals surface area contributed by atoms with Crippen LogP contribution >= 0.6 is 11.3 Å². The number of carbonyl (C=O) groups is 2. The summed E-state index contributed by atoms with van der Waals surface area (Å²) in [6, 6.07) is 12.6. The molecule has 6 nitrogen and oxygen atoms in total. The zero-order chi connectivity index (χ0) is 17.2. The first kappa shape index (κ1) is 15.6. The average molecular weight is 352 g/mol. The van der Waals surface area contributed by atoms with Crippen LogP contribution in [0.2, 0.25) is 0 Å². The van der Waals surface area contributed by atoms with Crippen molar-refractivity contribution in [3.8, 4) is 10.6 Å². The number of carbonyl (C=O) groups excluding carboxylic acids is 2. The maximum atomic E-state index is 12.3. The summed E-state index contributed by atoms with van der Waals surface area (Å²) < 4.78 is 0. The highest BCUT2D eigenvalue weighted by atomic mass is 32.1. The number of amides is 2. The quantitative estimate of drug-likeness (QED) is 0.654. The molecule has 7 heteroatoms. The van der Waals surface area contributed by atoms with Gasteiger partial charge in [0, 0.05) is 23.2 Å². The van der Waals surface area contributed by atoms with E-state index in [4.69, 9.17) is 0 Å². The number of aromatic nitrogens is 2. The Labute approximate surface area is 148 Å². The van der Waals surface area contributed by atoms with Gasteiger partial charge in [0.15, 0.2) is 5.82 Å². The van der Waals surface area contributed by atoms with Crippen molar-refractivity contribution >= 4 is 34.7 Å². The lowest BCUT2D eigenvalue weighted by Gasteiger charge is -2.06. The molecule has 0 radical (unpaired) electrons. The number of benzene rings is 1. The normalized spacial score (nSPS) is 13.4. The molecule has 0 saturated heterocycles. The van der Waals surface area contributed by atoms with Gasteiger partial charge in [0.05, 0.1) is 10.6 Å². The monoisotopic (exact) mass is 352 g/mol. The number of nitrogens with one attached hydrogen (secondary N) is 3. The van der Waals surface area contributed by atoms with Crippen molar-refractivity contribution in [2.75, 3.05) is 10.6 Å². The van der Waals surface area contributed by atoms with Crippen LogP contribution in [-0.4, -0.2) is 22.0 Å². The molecule has 3 N–H and O–H groups in total. The van der Waals surface area contributed by atoms with Crippen molar-refractivity contribution in [1.82, 2.24) is 10.2 Å². The summed E-state index contributed by atoms with van der Waals surface area (Å²) in [5, 5.41) is 14.6. The molecule has 1 fully saturated rings. The molecule has 2 aromatic heterocycles. The molecule has 0 unspecified atom stereocenters. The Morgan fingerprint density at radius 1 is 1.12 bits per heavy atom. The summed E-state index contributed by atoms with van der Waals surface area (Å²) in [5.74, 6) is 0.429. The lowest BCUT2D eigenvalue weighted by Crippen LogP contribution is -2.14. The third-order valence-electron chi connectivity index (χ3n) is 3.97. The summed E-state index contributed by atoms with van der Waals surface area (Å²) in [5.41, 5.74) is 2.07. The second-order valence-corrected chi connectivity index (χ2v) is 6.89. The van der Waals surface area contributed by atoms with Crippen LogP contribution in [0.4, 0.5) is 11.5 Å². The van der Waals surface area contributed by atoms with E-state index in [-0.39, 0.29) is 17.7 Å². The van der Waals surface area contributed by atoms with E-state index in [1.54, 1.807) is 41.7 Å². The highest BCUT2D eigenvalue weighted by molar-refractivity contribution is 7.13. The number of nitrogens with zero attached hydrogens (tertiary/aromatic N) is 1. The number of aromatic amines is 1. The summed E-state index contributed by atoms with van der Waals surface area (Å²) in [6.45, 7) is 0. The van der Waals surface area contributed by atoms with Crippen molar-refractivity contribution < 1.29 is 9.59 Å². The SMILES string of the molecule is O=C(Nc1cc(-c2cccs2)[nH]n1)c1ccc(NC(=O)C2CC2)cc1. The minimum atomic E-state index is -0.246. The first-order valence-electron chi connectivity index (χ1n) is 8.00. The van der Waals surface area contributed by atoms with Gasteiger partial charge in [-0.1, -0.05) is 6.07 Å². The number of H-pyrrole nitrogens is 1. The largest absolute Gasteiger partial charge is 0.326 e. The predicted molar refractivity (Wildman–Crippen MR) is 97.6 cm³/mol. The van der Waals surface area contributed by atoms with E-state index in [9.17, 15) is 9.59 Å². The molecular formula is C18H16N4O2S. The van der Waals surface area contributed by atoms with E-state index in [0.717, 1.165) is 23.4 Å². The van der Waals surface area contributed by atoms with Crippen molar-refractivity contribution in [1.29, 1.82) is 0 Å². The Morgan fingerprint density at radius 3 is 2.60 bits per heavy atom. The van der Waals surface area contributed by atoms with Gasteiger partial charge in [-0.2, -0.15) is 5.10 Å². The van der Waals surface area contributed by atoms with Gasteiger partial charge in [-0.05, 0) is 48.6 Å². The van der Waals surface area contributed by atoms with Crippen molar-refractivity contribution in [3.05, 3.63) is 53.4 Å². The van der Waals surface area contributed by atoms with E-state index in [2.05, 4.69) is 20.8 Å². The molecule has 0 aliphatic heterocycles. The summed E-state index contributed by atoms with van der Waals surface area (Å²) in [7, 11) is 0. The molecule has 1 aromatic carbocycles. The van der Waals surface area contributed by atoms with Gasteiger partial charge in [-0.15, -0.1) is 11.3 Å². The fourth-order valence-electron chi connectivity index (χ4n) is 2.43. The molecule has 126 valence electrons. The zero-order valence-electron chi connectivity index (χ0n) is 13.3. The van der Waals surface area contributed by atoms with Gasteiger partial charge >= 0.3 is 0 Å². The van der Waals surface area contributed by atoms with Gasteiger partial charge < -0.3 is 10.6 Å². The smallest absolute Gasteiger partial charge is 0.256 e. The number of hydrogen-bond acceptors (Lipinski definition) is 4. The maximum Gasteiger partial charge on any atom is 0.256 e. The number of anilines is 2. The minimum absolute atomic E-state index is 0.0508. The van der Waals surface area contributed by atoms with Crippen LogP contribution in [0.5, 0.6) is 0 Å². The molecule has 0 spiro atoms. The third kappa shape index (κ3) is 3.61. The summed E-state index contributed by atoms with van der Waals surface area (Å²) >= 11 is 1.60. The number of hydrogen-bond donors (Lipinski definition) is 3. The van der Waals surface area contributed by atoms with E-state index in [0.29, 0.717) is 17.1 Å². The van der Waals surface area contributed by atoms with Crippen LogP contribution < -0.4 is 10.6 Å². The average Bonchev–Trinajstić information content (AvgIpc) is 3.13. The van der Waals surface area contributed by atoms with E-state index >= 15 is 0 Å². The van der Waals surface area contributed by atoms with Crippen LogP contribution in [0, 0.1) is 5.92 Å². The van der Waals surface area contributed by atoms with Gasteiger partial charge in [0.25, 0.3) is 5.91 Å². The fraction of sp³-hybridized carbons (Fsp3) is 0.167. The molecule has 1 aliphatic rings. The zero-order valence-corrected chi connectivity index (χ0v) is 14.1. The van der Waals surface area contributed by atoms with Crippen LogP contribution in [-0.2, 0) is 4.79 Å². The fourth-order valence-corrected chi connectivity index (χ4v) is 3.12. The topological polar surface area (TPSA) is 86.9 Å². The van der Waals surface area contributed by atoms with E-state index < -0.39 is 0 Å². The molecule has 4 rings (SSSR count). The molecule has 1 saturated carbocycles. The third-order valence-corrected chi connectivity index (χ3v) is 4.87. The summed E-state index contributed by atoms with van der Waals surface area (Å²) in [6.07, 6.45) is 1.92. The Balaban J connectivity index is 1.40. The van der Waals surface area contributed by atoms with Crippen molar-refractivity contribution in [3.63, 3.8) is 0 Å². The van der Waals surface area contributed by atoms with Gasteiger partial charge in [0.2, 0.25) is 5.91 Å². The standard InChI is InChI=1S/C18H16N4O2S/c23-17(11-3-4-11)19-13-7-5-12(6-8-13)18(24)20-16-10-14(21-22-16)15-2-1-9-25-15/h1-2,5-11H,3-4H2,(H,19,23)(H2,20,21,22,24). The Hall–Kier alpha value is -2.93. The second-order valence-electron chi connectivity index (χ2n) is 5.94. The number of thiophene rings is 1. The molecule has 0 bridgehead atoms. The first-order valence-corrected chi connectivity index (χ1v) is 8.88. The minimum Gasteiger partial charge on any atom is -0.326 e. The van der Waals surface area contributed by atoms with Gasteiger partial charge in [0.1, 0.15) is 0 Å². The molecule has 2 amide bonds. The lowest BCUT2D eigenvalue weighted by molar-refractivity contribution is -0.117. The van der Waals surface area contributed by atoms with Gasteiger partial charge in [-0.25, -0.2) is 0 Å². The molecule has 0 atom stereocenters. The van der Waals surface area contributed by atoms with Crippen LogP contribution in [0.25, 0.3) is 10.6 Å². The first-order chi connectivity index (χ1) is 12.2. The predicted octanol–water partition coefficient (Wildman–Crippen LogP) is 3.74. The van der Waals surface area contributed by atoms with Gasteiger partial charge in [-0.3, -0.25) is 14.7 Å². The highest BCUT2D eigenvalue weighted by Gasteiger charge is 2.29. The second kappa shape index (κ2) is 6.52. The molecule has 25 heavy (non-hydrogen) atoms. The van der Waals surface area contributed by atoms with Crippen LogP contribution in [0.1, 0.15) is 23.2 Å². The Bertz CT molecular complexity index is 896. The van der Waals surface area contributed by atoms with E-state index in [1.165, 1.54) is 0 Å². The maximum absolute atomic E-state index is 12.3. The Kier molecular flexibility index (Phi) is 4.07. The van der Waals surface area contributed by atoms with E-state index in [1.807, 2.05) is 17.5 Å².